The fraction of sp³-hybridized carbons (Fsp3) is 0.684. The van der Waals surface area contributed by atoms with Gasteiger partial charge in [-0.15, -0.1) is 0 Å². The van der Waals surface area contributed by atoms with E-state index in [0.29, 0.717) is 11.6 Å². The molecule has 1 aromatic carbocycles. The molecule has 2 nitrogen and oxygen atoms in total. The van der Waals surface area contributed by atoms with Crippen molar-refractivity contribution in [3.63, 3.8) is 0 Å². The zero-order valence-electron chi connectivity index (χ0n) is 13.9. The summed E-state index contributed by atoms with van der Waals surface area (Å²) in [7, 11) is 0. The van der Waals surface area contributed by atoms with E-state index in [-0.39, 0.29) is 0 Å². The molecule has 1 heterocycles. The molecule has 0 spiro atoms. The second kappa shape index (κ2) is 6.10. The minimum atomic E-state index is 0.371. The van der Waals surface area contributed by atoms with E-state index in [0.717, 1.165) is 12.5 Å². The Balaban J connectivity index is 1.74. The number of hydrogen-bond donors (Lipinski definition) is 1. The van der Waals surface area contributed by atoms with Gasteiger partial charge in [0.25, 0.3) is 0 Å². The highest BCUT2D eigenvalue weighted by Crippen LogP contribution is 2.38. The Kier molecular flexibility index (Phi) is 4.37. The Bertz CT molecular complexity index is 478. The Morgan fingerprint density at radius 3 is 2.62 bits per heavy atom. The zero-order chi connectivity index (χ0) is 14.9. The lowest BCUT2D eigenvalue weighted by atomic mass is 9.76. The van der Waals surface area contributed by atoms with Crippen LogP contribution < -0.4 is 5.32 Å². The third-order valence-electron chi connectivity index (χ3n) is 6.04. The van der Waals surface area contributed by atoms with Crippen molar-refractivity contribution in [2.75, 3.05) is 19.6 Å². The molecule has 1 aromatic rings. The van der Waals surface area contributed by atoms with Gasteiger partial charge in [-0.2, -0.15) is 0 Å². The van der Waals surface area contributed by atoms with Crippen LogP contribution in [0.3, 0.4) is 0 Å². The van der Waals surface area contributed by atoms with Gasteiger partial charge < -0.3 is 5.32 Å². The minimum Gasteiger partial charge on any atom is -0.311 e. The second-order valence-corrected chi connectivity index (χ2v) is 6.92. The van der Waals surface area contributed by atoms with Crippen LogP contribution in [0.2, 0.25) is 0 Å². The molecule has 0 aromatic heterocycles. The number of rotatable bonds is 5. The first kappa shape index (κ1) is 15.1. The van der Waals surface area contributed by atoms with Crippen LogP contribution in [-0.4, -0.2) is 36.1 Å². The van der Waals surface area contributed by atoms with E-state index in [1.807, 2.05) is 0 Å². The molecule has 0 amide bonds. The summed E-state index contributed by atoms with van der Waals surface area (Å²) < 4.78 is 0. The van der Waals surface area contributed by atoms with Crippen molar-refractivity contribution in [3.05, 3.63) is 35.4 Å². The van der Waals surface area contributed by atoms with Crippen molar-refractivity contribution in [3.8, 4) is 0 Å². The molecule has 2 atom stereocenters. The topological polar surface area (TPSA) is 15.3 Å². The lowest BCUT2D eigenvalue weighted by Crippen LogP contribution is -2.65. The summed E-state index contributed by atoms with van der Waals surface area (Å²) in [6, 6.07) is 9.68. The van der Waals surface area contributed by atoms with Crippen LogP contribution in [0.4, 0.5) is 0 Å². The maximum atomic E-state index is 3.78. The molecule has 2 heteroatoms. The Hall–Kier alpha value is -0.860. The zero-order valence-corrected chi connectivity index (χ0v) is 13.9. The smallest absolute Gasteiger partial charge is 0.0329 e. The SMILES string of the molecule is CCC1CN(CC2Cc3ccccc32)C(CC)(CC)CN1. The standard InChI is InChI=1S/C19H30N2/c1-4-17-13-21(19(5-2,6-3)14-20-17)12-16-11-15-9-7-8-10-18(15)16/h7-10,16-17,20H,4-6,11-14H2,1-3H3. The molecule has 1 saturated heterocycles. The van der Waals surface area contributed by atoms with Crippen molar-refractivity contribution in [1.29, 1.82) is 0 Å². The van der Waals surface area contributed by atoms with E-state index in [1.54, 1.807) is 11.1 Å². The average Bonchev–Trinajstić information content (AvgIpc) is 2.52. The van der Waals surface area contributed by atoms with Crippen molar-refractivity contribution in [1.82, 2.24) is 10.2 Å². The van der Waals surface area contributed by atoms with Crippen molar-refractivity contribution < 1.29 is 0 Å². The second-order valence-electron chi connectivity index (χ2n) is 6.92. The van der Waals surface area contributed by atoms with Crippen LogP contribution in [0, 0.1) is 0 Å². The average molecular weight is 286 g/mol. The molecule has 1 N–H and O–H groups in total. The molecule has 1 aliphatic heterocycles. The van der Waals surface area contributed by atoms with E-state index < -0.39 is 0 Å². The maximum absolute atomic E-state index is 3.78. The maximum Gasteiger partial charge on any atom is 0.0329 e. The van der Waals surface area contributed by atoms with Gasteiger partial charge in [0.1, 0.15) is 0 Å². The van der Waals surface area contributed by atoms with Gasteiger partial charge in [-0.25, -0.2) is 0 Å². The molecule has 0 radical (unpaired) electrons. The monoisotopic (exact) mass is 286 g/mol. The van der Waals surface area contributed by atoms with E-state index in [9.17, 15) is 0 Å². The first-order chi connectivity index (χ1) is 10.2. The molecule has 0 saturated carbocycles. The molecule has 116 valence electrons. The van der Waals surface area contributed by atoms with Gasteiger partial charge in [-0.1, -0.05) is 45.0 Å². The largest absolute Gasteiger partial charge is 0.311 e. The molecule has 1 fully saturated rings. The lowest BCUT2D eigenvalue weighted by molar-refractivity contribution is 0.0238. The van der Waals surface area contributed by atoms with Crippen LogP contribution in [0.15, 0.2) is 24.3 Å². The Morgan fingerprint density at radius 1 is 1.19 bits per heavy atom. The minimum absolute atomic E-state index is 0.371. The number of hydrogen-bond acceptors (Lipinski definition) is 2. The summed E-state index contributed by atoms with van der Waals surface area (Å²) in [5, 5.41) is 3.78. The third-order valence-corrected chi connectivity index (χ3v) is 6.04. The summed E-state index contributed by atoms with van der Waals surface area (Å²) in [5.74, 6) is 0.759. The van der Waals surface area contributed by atoms with Gasteiger partial charge in [0.05, 0.1) is 0 Å². The van der Waals surface area contributed by atoms with Gasteiger partial charge in [-0.3, -0.25) is 4.90 Å². The van der Waals surface area contributed by atoms with E-state index in [2.05, 4.69) is 55.3 Å². The molecule has 0 bridgehead atoms. The lowest BCUT2D eigenvalue weighted by Gasteiger charge is -2.51. The highest BCUT2D eigenvalue weighted by molar-refractivity contribution is 5.40. The number of nitrogens with zero attached hydrogens (tertiary/aromatic N) is 1. The molecule has 2 unspecified atom stereocenters. The van der Waals surface area contributed by atoms with Gasteiger partial charge in [-0.05, 0) is 36.8 Å². The summed E-state index contributed by atoms with van der Waals surface area (Å²) in [5.41, 5.74) is 3.55. The third kappa shape index (κ3) is 2.64. The predicted octanol–water partition coefficient (Wildman–Crippen LogP) is 3.57. The van der Waals surface area contributed by atoms with Gasteiger partial charge in [0, 0.05) is 37.1 Å². The van der Waals surface area contributed by atoms with Crippen LogP contribution in [-0.2, 0) is 6.42 Å². The number of piperazine rings is 1. The fourth-order valence-electron chi connectivity index (χ4n) is 4.25. The molecular weight excluding hydrogens is 256 g/mol. The number of benzene rings is 1. The highest BCUT2D eigenvalue weighted by Gasteiger charge is 2.40. The van der Waals surface area contributed by atoms with E-state index >= 15 is 0 Å². The summed E-state index contributed by atoms with van der Waals surface area (Å²) >= 11 is 0. The van der Waals surface area contributed by atoms with Crippen LogP contribution in [0.1, 0.15) is 57.1 Å². The Morgan fingerprint density at radius 2 is 1.95 bits per heavy atom. The van der Waals surface area contributed by atoms with Crippen LogP contribution in [0.5, 0.6) is 0 Å². The van der Waals surface area contributed by atoms with E-state index in [4.69, 9.17) is 0 Å². The molecule has 2 aliphatic rings. The highest BCUT2D eigenvalue weighted by atomic mass is 15.3. The molecular formula is C19H30N2. The first-order valence-corrected chi connectivity index (χ1v) is 8.78. The van der Waals surface area contributed by atoms with Gasteiger partial charge >= 0.3 is 0 Å². The van der Waals surface area contributed by atoms with Crippen LogP contribution in [0.25, 0.3) is 0 Å². The van der Waals surface area contributed by atoms with Crippen LogP contribution >= 0.6 is 0 Å². The van der Waals surface area contributed by atoms with Crippen molar-refractivity contribution in [2.45, 2.75) is 64.0 Å². The van der Waals surface area contributed by atoms with Gasteiger partial charge in [0.15, 0.2) is 0 Å². The number of fused-ring (bicyclic) bond motifs is 1. The van der Waals surface area contributed by atoms with Gasteiger partial charge in [0.2, 0.25) is 0 Å². The molecule has 3 rings (SSSR count). The normalized spacial score (nSPS) is 28.0. The summed E-state index contributed by atoms with van der Waals surface area (Å²) in [6.07, 6.45) is 5.02. The van der Waals surface area contributed by atoms with E-state index in [1.165, 1.54) is 38.8 Å². The van der Waals surface area contributed by atoms with Crippen molar-refractivity contribution >= 4 is 0 Å². The fourth-order valence-corrected chi connectivity index (χ4v) is 4.25. The first-order valence-electron chi connectivity index (χ1n) is 8.78. The summed E-state index contributed by atoms with van der Waals surface area (Å²) in [4.78, 5) is 2.82. The quantitative estimate of drug-likeness (QED) is 0.890. The Labute approximate surface area is 129 Å². The molecule has 1 aliphatic carbocycles. The predicted molar refractivity (Wildman–Crippen MR) is 89.9 cm³/mol. The number of nitrogens with one attached hydrogen (secondary N) is 1. The van der Waals surface area contributed by atoms with Crippen molar-refractivity contribution in [2.24, 2.45) is 0 Å². The summed E-state index contributed by atoms with van der Waals surface area (Å²) in [6.45, 7) is 10.7. The molecule has 21 heavy (non-hydrogen) atoms.